The topological polar surface area (TPSA) is 26.3 Å². The number of aldehydes is 1. The van der Waals surface area contributed by atoms with Crippen LogP contribution in [0.2, 0.25) is 0 Å². The van der Waals surface area contributed by atoms with Crippen molar-refractivity contribution in [2.24, 2.45) is 0 Å². The summed E-state index contributed by atoms with van der Waals surface area (Å²) in [6.45, 7) is 0. The fourth-order valence-electron chi connectivity index (χ4n) is 1.29. The minimum Gasteiger partial charge on any atom is -0.388 e. The van der Waals surface area contributed by atoms with E-state index >= 15 is 0 Å². The Hall–Kier alpha value is -1.15. The normalized spacial score (nSPS) is 11.8. The van der Waals surface area contributed by atoms with Crippen LogP contribution in [0.5, 0.6) is 0 Å². The average Bonchev–Trinajstić information content (AvgIpc) is 2.09. The van der Waals surface area contributed by atoms with Gasteiger partial charge in [-0.15, -0.1) is 0 Å². The summed E-state index contributed by atoms with van der Waals surface area (Å²) in [5.41, 5.74) is 3.56. The molecular weight excluding hydrogens is 164 g/mol. The Kier molecular flexibility index (Phi) is 3.65. The van der Waals surface area contributed by atoms with E-state index in [2.05, 4.69) is 4.74 Å². The van der Waals surface area contributed by atoms with Gasteiger partial charge in [-0.2, -0.15) is 0 Å². The van der Waals surface area contributed by atoms with Crippen LogP contribution >= 0.6 is 0 Å². The van der Waals surface area contributed by atoms with Gasteiger partial charge in [0.15, 0.2) is 0 Å². The fourth-order valence-corrected chi connectivity index (χ4v) is 1.29. The molecule has 0 aromatic heterocycles. The molecule has 0 N–H and O–H groups in total. The maximum absolute atomic E-state index is 10.3. The van der Waals surface area contributed by atoms with E-state index in [9.17, 15) is 4.79 Å². The first-order valence-electron chi connectivity index (χ1n) is 4.29. The van der Waals surface area contributed by atoms with E-state index in [0.717, 1.165) is 18.3 Å². The van der Waals surface area contributed by atoms with Gasteiger partial charge in [0, 0.05) is 19.8 Å². The number of hydrogen-bond donors (Lipinski definition) is 0. The van der Waals surface area contributed by atoms with Gasteiger partial charge in [-0.1, -0.05) is 12.1 Å². The van der Waals surface area contributed by atoms with E-state index in [-0.39, 0.29) is 0 Å². The third kappa shape index (κ3) is 2.39. The SMILES string of the molecule is COC.O=Cc1ccc2c(c1)CC2. The Morgan fingerprint density at radius 1 is 1.23 bits per heavy atom. The van der Waals surface area contributed by atoms with E-state index in [4.69, 9.17) is 0 Å². The van der Waals surface area contributed by atoms with Crippen LogP contribution in [0.4, 0.5) is 0 Å². The second kappa shape index (κ2) is 4.77. The molecule has 0 amide bonds. The second-order valence-electron chi connectivity index (χ2n) is 3.05. The number of aryl methyl sites for hydroxylation is 2. The smallest absolute Gasteiger partial charge is 0.150 e. The van der Waals surface area contributed by atoms with Crippen molar-refractivity contribution < 1.29 is 9.53 Å². The van der Waals surface area contributed by atoms with Crippen molar-refractivity contribution in [3.05, 3.63) is 34.9 Å². The Bertz CT molecular complexity index is 292. The number of benzene rings is 1. The van der Waals surface area contributed by atoms with Gasteiger partial charge in [0.2, 0.25) is 0 Å². The third-order valence-electron chi connectivity index (χ3n) is 2.03. The molecule has 2 rings (SSSR count). The molecular formula is C11H14O2. The summed E-state index contributed by atoms with van der Waals surface area (Å²) in [6, 6.07) is 5.90. The van der Waals surface area contributed by atoms with E-state index < -0.39 is 0 Å². The monoisotopic (exact) mass is 178 g/mol. The predicted octanol–water partition coefficient (Wildman–Crippen LogP) is 1.86. The lowest BCUT2D eigenvalue weighted by molar-refractivity contribution is 0.112. The number of ether oxygens (including phenoxy) is 1. The van der Waals surface area contributed by atoms with Crippen LogP contribution in [0.15, 0.2) is 18.2 Å². The summed E-state index contributed by atoms with van der Waals surface area (Å²) in [7, 11) is 3.25. The van der Waals surface area contributed by atoms with E-state index in [1.54, 1.807) is 14.2 Å². The lowest BCUT2D eigenvalue weighted by Gasteiger charge is -2.17. The van der Waals surface area contributed by atoms with Crippen LogP contribution in [0.1, 0.15) is 21.5 Å². The van der Waals surface area contributed by atoms with E-state index in [1.807, 2.05) is 18.2 Å². The zero-order valence-electron chi connectivity index (χ0n) is 8.04. The molecule has 70 valence electrons. The fraction of sp³-hybridized carbons (Fsp3) is 0.364. The number of rotatable bonds is 1. The molecule has 0 unspecified atom stereocenters. The number of carbonyl (C=O) groups excluding carboxylic acids is 1. The van der Waals surface area contributed by atoms with Gasteiger partial charge in [0.1, 0.15) is 6.29 Å². The molecule has 2 heteroatoms. The first-order chi connectivity index (χ1) is 6.31. The van der Waals surface area contributed by atoms with Gasteiger partial charge in [0.25, 0.3) is 0 Å². The van der Waals surface area contributed by atoms with Gasteiger partial charge < -0.3 is 4.74 Å². The van der Waals surface area contributed by atoms with Crippen LogP contribution in [-0.2, 0) is 17.6 Å². The largest absolute Gasteiger partial charge is 0.388 e. The van der Waals surface area contributed by atoms with E-state index in [0.29, 0.717) is 0 Å². The molecule has 0 atom stereocenters. The van der Waals surface area contributed by atoms with Gasteiger partial charge in [-0.25, -0.2) is 0 Å². The third-order valence-corrected chi connectivity index (χ3v) is 2.03. The minimum absolute atomic E-state index is 0.804. The molecule has 0 saturated carbocycles. The van der Waals surface area contributed by atoms with Crippen molar-refractivity contribution in [1.29, 1.82) is 0 Å². The molecule has 0 spiro atoms. The highest BCUT2D eigenvalue weighted by atomic mass is 16.4. The van der Waals surface area contributed by atoms with Crippen LogP contribution in [0, 0.1) is 0 Å². The molecule has 13 heavy (non-hydrogen) atoms. The van der Waals surface area contributed by atoms with Crippen molar-refractivity contribution in [3.8, 4) is 0 Å². The van der Waals surface area contributed by atoms with Gasteiger partial charge >= 0.3 is 0 Å². The lowest BCUT2D eigenvalue weighted by atomic mass is 9.87. The Morgan fingerprint density at radius 3 is 2.23 bits per heavy atom. The number of carbonyl (C=O) groups is 1. The number of fused-ring (bicyclic) bond motifs is 1. The van der Waals surface area contributed by atoms with E-state index in [1.165, 1.54) is 17.5 Å². The molecule has 1 aromatic rings. The quantitative estimate of drug-likeness (QED) is 0.613. The minimum atomic E-state index is 0.804. The molecule has 0 heterocycles. The molecule has 0 radical (unpaired) electrons. The molecule has 0 fully saturated rings. The van der Waals surface area contributed by atoms with Crippen molar-refractivity contribution in [2.45, 2.75) is 12.8 Å². The maximum Gasteiger partial charge on any atom is 0.150 e. The first kappa shape index (κ1) is 9.93. The van der Waals surface area contributed by atoms with Crippen molar-refractivity contribution in [3.63, 3.8) is 0 Å². The molecule has 1 aliphatic rings. The Labute approximate surface area is 78.5 Å². The van der Waals surface area contributed by atoms with Crippen molar-refractivity contribution in [1.82, 2.24) is 0 Å². The van der Waals surface area contributed by atoms with Crippen LogP contribution in [-0.4, -0.2) is 20.5 Å². The summed E-state index contributed by atoms with van der Waals surface area (Å²) in [6.07, 6.45) is 3.24. The summed E-state index contributed by atoms with van der Waals surface area (Å²) < 4.78 is 4.25. The zero-order valence-corrected chi connectivity index (χ0v) is 8.04. The molecule has 0 bridgehead atoms. The number of hydrogen-bond acceptors (Lipinski definition) is 2. The van der Waals surface area contributed by atoms with Crippen LogP contribution in [0.3, 0.4) is 0 Å². The number of methoxy groups -OCH3 is 1. The van der Waals surface area contributed by atoms with Gasteiger partial charge in [-0.05, 0) is 30.0 Å². The predicted molar refractivity (Wildman–Crippen MR) is 52.2 cm³/mol. The Morgan fingerprint density at radius 2 is 1.85 bits per heavy atom. The highest BCUT2D eigenvalue weighted by Gasteiger charge is 2.11. The summed E-state index contributed by atoms with van der Waals surface area (Å²) in [5, 5.41) is 0. The van der Waals surface area contributed by atoms with Crippen molar-refractivity contribution in [2.75, 3.05) is 14.2 Å². The molecule has 0 aliphatic heterocycles. The molecule has 0 saturated heterocycles. The molecule has 1 aliphatic carbocycles. The molecule has 1 aromatic carbocycles. The lowest BCUT2D eigenvalue weighted by Crippen LogP contribution is -2.07. The van der Waals surface area contributed by atoms with Gasteiger partial charge in [0.05, 0.1) is 0 Å². The summed E-state index contributed by atoms with van der Waals surface area (Å²) in [4.78, 5) is 10.3. The first-order valence-corrected chi connectivity index (χ1v) is 4.29. The summed E-state index contributed by atoms with van der Waals surface area (Å²) in [5.74, 6) is 0. The Balaban J connectivity index is 0.000000251. The van der Waals surface area contributed by atoms with Crippen LogP contribution < -0.4 is 0 Å². The zero-order chi connectivity index (χ0) is 9.68. The highest BCUT2D eigenvalue weighted by Crippen LogP contribution is 2.22. The second-order valence-corrected chi connectivity index (χ2v) is 3.05. The van der Waals surface area contributed by atoms with Gasteiger partial charge in [-0.3, -0.25) is 4.79 Å². The standard InChI is InChI=1S/C9H8O.C2H6O/c10-6-7-1-2-8-3-4-9(8)5-7;1-3-2/h1-2,5-6H,3-4H2;1-2H3. The van der Waals surface area contributed by atoms with Crippen LogP contribution in [0.25, 0.3) is 0 Å². The molecule has 2 nitrogen and oxygen atoms in total. The average molecular weight is 178 g/mol. The maximum atomic E-state index is 10.3. The highest BCUT2D eigenvalue weighted by molar-refractivity contribution is 5.75. The van der Waals surface area contributed by atoms with Crippen molar-refractivity contribution >= 4 is 6.29 Å². The summed E-state index contributed by atoms with van der Waals surface area (Å²) >= 11 is 0.